The zero-order valence-electron chi connectivity index (χ0n) is 25.2. The smallest absolute Gasteiger partial charge is 0.192 e. The Labute approximate surface area is 345 Å². The number of hydrogen-bond donors (Lipinski definition) is 0. The Morgan fingerprint density at radius 2 is 0.731 bits per heavy atom. The lowest BCUT2D eigenvalue weighted by Gasteiger charge is -2.08. The number of benzene rings is 1. The van der Waals surface area contributed by atoms with Crippen LogP contribution in [0.3, 0.4) is 0 Å². The predicted molar refractivity (Wildman–Crippen MR) is 222 cm³/mol. The van der Waals surface area contributed by atoms with Gasteiger partial charge in [0, 0.05) is 33.4 Å². The molecular formula is C30H14F6N4S12. The lowest BCUT2D eigenvalue weighted by molar-refractivity contribution is -0.0842. The van der Waals surface area contributed by atoms with Crippen LogP contribution in [0.1, 0.15) is 0 Å². The Hall–Kier alpha value is -0.860. The lowest BCUT2D eigenvalue weighted by Crippen LogP contribution is -2.11. The molecule has 6 heterocycles. The van der Waals surface area contributed by atoms with Crippen molar-refractivity contribution in [1.82, 2.24) is 0 Å². The highest BCUT2D eigenvalue weighted by Gasteiger charge is 2.40. The van der Waals surface area contributed by atoms with E-state index in [-0.39, 0.29) is 11.1 Å². The van der Waals surface area contributed by atoms with Crippen LogP contribution in [-0.4, -0.2) is 35.4 Å². The van der Waals surface area contributed by atoms with Gasteiger partial charge in [-0.05, 0) is 10.8 Å². The normalized spacial score (nSPS) is 19.5. The molecule has 0 N–H and O–H groups in total. The third kappa shape index (κ3) is 11.1. The van der Waals surface area contributed by atoms with E-state index >= 15 is 0 Å². The number of halogens is 6. The molecule has 0 aliphatic carbocycles. The highest BCUT2D eigenvalue weighted by molar-refractivity contribution is 8.44. The third-order valence-electron chi connectivity index (χ3n) is 5.93. The first-order chi connectivity index (χ1) is 24.8. The van der Waals surface area contributed by atoms with Crippen LogP contribution in [0.15, 0.2) is 78.8 Å². The summed E-state index contributed by atoms with van der Waals surface area (Å²) in [6, 6.07) is 13.2. The fourth-order valence-corrected chi connectivity index (χ4v) is 20.5. The molecule has 0 spiro atoms. The van der Waals surface area contributed by atoms with E-state index < -0.39 is 22.2 Å². The molecule has 0 radical (unpaired) electrons. The Morgan fingerprint density at radius 1 is 0.442 bits per heavy atom. The first-order valence-electron chi connectivity index (χ1n) is 13.7. The molecule has 52 heavy (non-hydrogen) atoms. The van der Waals surface area contributed by atoms with Gasteiger partial charge in [-0.2, -0.15) is 47.4 Å². The first kappa shape index (κ1) is 42.3. The van der Waals surface area contributed by atoms with Gasteiger partial charge in [0.05, 0.1) is 33.9 Å². The SMILES string of the molecule is FC(F)(F)C1=CSC(=C2SC3=C(SCCS3)S2)S1.FC(F)(F)C1=CSC(=C2SC3=C(SCCS3)S2)S1.N#CC(C#N)=c1ccc(=C(C#N)C#N)cc1. The maximum absolute atomic E-state index is 12.6. The van der Waals surface area contributed by atoms with Crippen LogP contribution in [0.2, 0.25) is 0 Å². The summed E-state index contributed by atoms with van der Waals surface area (Å²) in [5, 5.41) is 37.9. The zero-order chi connectivity index (χ0) is 37.5. The molecule has 1 aromatic carbocycles. The summed E-state index contributed by atoms with van der Waals surface area (Å²) in [5.41, 5.74) is 0.00373. The number of allylic oxidation sites excluding steroid dienone is 2. The highest BCUT2D eigenvalue weighted by atomic mass is 32.3. The van der Waals surface area contributed by atoms with Crippen LogP contribution >= 0.6 is 141 Å². The number of rotatable bonds is 0. The van der Waals surface area contributed by atoms with Crippen molar-refractivity contribution in [3.05, 3.63) is 89.2 Å². The summed E-state index contributed by atoms with van der Waals surface area (Å²) >= 11 is 17.8. The molecule has 0 aromatic heterocycles. The Kier molecular flexibility index (Phi) is 15.7. The maximum Gasteiger partial charge on any atom is 0.423 e. The van der Waals surface area contributed by atoms with Crippen molar-refractivity contribution in [2.75, 3.05) is 23.0 Å². The minimum Gasteiger partial charge on any atom is -0.192 e. The quantitative estimate of drug-likeness (QED) is 0.231. The number of hydrogen-bond acceptors (Lipinski definition) is 16. The first-order valence-corrected chi connectivity index (χ1v) is 24.3. The highest BCUT2D eigenvalue weighted by Crippen LogP contribution is 2.66. The number of thioether (sulfide) groups is 12. The Balaban J connectivity index is 0.000000151. The third-order valence-corrected chi connectivity index (χ3v) is 23.4. The minimum absolute atomic E-state index is 0.00187. The van der Waals surface area contributed by atoms with Gasteiger partial charge in [0.1, 0.15) is 45.2 Å². The van der Waals surface area contributed by atoms with E-state index in [0.29, 0.717) is 10.4 Å². The number of nitrogens with zero attached hydrogens (tertiary/aromatic N) is 4. The summed E-state index contributed by atoms with van der Waals surface area (Å²) in [4.78, 5) is -0.997. The fourth-order valence-electron chi connectivity index (χ4n) is 3.65. The van der Waals surface area contributed by atoms with Crippen LogP contribution in [-0.2, 0) is 0 Å². The molecule has 4 nitrogen and oxygen atoms in total. The summed E-state index contributed by atoms with van der Waals surface area (Å²) in [7, 11) is 0. The molecule has 0 saturated carbocycles. The molecule has 0 bridgehead atoms. The molecule has 1 aromatic rings. The van der Waals surface area contributed by atoms with Crippen molar-refractivity contribution >= 4 is 152 Å². The largest absolute Gasteiger partial charge is 0.423 e. The molecule has 6 aliphatic heterocycles. The molecule has 0 saturated heterocycles. The van der Waals surface area contributed by atoms with Gasteiger partial charge >= 0.3 is 12.4 Å². The molecule has 6 aliphatic rings. The molecule has 268 valence electrons. The van der Waals surface area contributed by atoms with Gasteiger partial charge in [-0.15, -0.1) is 47.0 Å². The van der Waals surface area contributed by atoms with Gasteiger partial charge < -0.3 is 0 Å². The summed E-state index contributed by atoms with van der Waals surface area (Å²) in [5.74, 6) is 4.36. The van der Waals surface area contributed by atoms with E-state index in [1.54, 1.807) is 71.3 Å². The van der Waals surface area contributed by atoms with Crippen LogP contribution in [0.4, 0.5) is 26.3 Å². The van der Waals surface area contributed by atoms with Crippen molar-refractivity contribution in [3.8, 4) is 24.3 Å². The lowest BCUT2D eigenvalue weighted by atomic mass is 10.1. The monoisotopic (exact) mass is 928 g/mol. The molecule has 7 rings (SSSR count). The van der Waals surface area contributed by atoms with Gasteiger partial charge in [-0.3, -0.25) is 0 Å². The Bertz CT molecular complexity index is 1890. The average Bonchev–Trinajstić information content (AvgIpc) is 3.95. The molecule has 0 fully saturated rings. The second-order valence-electron chi connectivity index (χ2n) is 9.28. The summed E-state index contributed by atoms with van der Waals surface area (Å²) in [6.45, 7) is 0. The topological polar surface area (TPSA) is 95.2 Å². The zero-order valence-corrected chi connectivity index (χ0v) is 35.0. The predicted octanol–water partition coefficient (Wildman–Crippen LogP) is 12.2. The second kappa shape index (κ2) is 19.3. The van der Waals surface area contributed by atoms with Crippen LogP contribution < -0.4 is 10.4 Å². The average molecular weight is 929 g/mol. The van der Waals surface area contributed by atoms with E-state index in [4.69, 9.17) is 21.0 Å². The van der Waals surface area contributed by atoms with Crippen LogP contribution in [0.25, 0.3) is 11.1 Å². The van der Waals surface area contributed by atoms with E-state index in [1.807, 2.05) is 47.0 Å². The standard InChI is InChI=1S/C12H4N4.2C9H5F3S6/c13-5-11(6-14)9-1-2-10(4-3-9)12(7-15)8-16;2*10-9(11,12)4-3-15-7(16-4)8-17-5-6(18-8)14-2-1-13-5/h1-4H;2*3H,1-2H2. The van der Waals surface area contributed by atoms with Gasteiger partial charge in [0.25, 0.3) is 0 Å². The number of alkyl halides is 6. The van der Waals surface area contributed by atoms with Crippen molar-refractivity contribution in [2.45, 2.75) is 12.4 Å². The van der Waals surface area contributed by atoms with E-state index in [0.717, 1.165) is 63.5 Å². The van der Waals surface area contributed by atoms with E-state index in [2.05, 4.69) is 0 Å². The van der Waals surface area contributed by atoms with Crippen molar-refractivity contribution in [2.24, 2.45) is 0 Å². The van der Waals surface area contributed by atoms with Gasteiger partial charge in [0.15, 0.2) is 0 Å². The molecule has 0 unspecified atom stereocenters. The van der Waals surface area contributed by atoms with Crippen molar-refractivity contribution < 1.29 is 26.3 Å². The molecule has 22 heteroatoms. The molecule has 0 amide bonds. The second-order valence-corrected chi connectivity index (χ2v) is 23.7. The van der Waals surface area contributed by atoms with Crippen molar-refractivity contribution in [1.29, 1.82) is 21.0 Å². The summed E-state index contributed by atoms with van der Waals surface area (Å²) in [6.07, 6.45) is -8.44. The fraction of sp³-hybridized carbons (Fsp3) is 0.200. The maximum atomic E-state index is 12.6. The van der Waals surface area contributed by atoms with Crippen LogP contribution in [0.5, 0.6) is 0 Å². The van der Waals surface area contributed by atoms with Crippen LogP contribution in [0, 0.1) is 45.3 Å². The summed E-state index contributed by atoms with van der Waals surface area (Å²) < 4.78 is 84.0. The number of nitriles is 4. The molecular weight excluding hydrogens is 915 g/mol. The Morgan fingerprint density at radius 3 is 0.962 bits per heavy atom. The van der Waals surface area contributed by atoms with Gasteiger partial charge in [0.2, 0.25) is 0 Å². The minimum atomic E-state index is -4.22. The van der Waals surface area contributed by atoms with E-state index in [9.17, 15) is 26.3 Å². The van der Waals surface area contributed by atoms with E-state index in [1.165, 1.54) is 75.6 Å². The van der Waals surface area contributed by atoms with Crippen molar-refractivity contribution in [3.63, 3.8) is 0 Å². The van der Waals surface area contributed by atoms with Gasteiger partial charge in [-0.1, -0.05) is 118 Å². The van der Waals surface area contributed by atoms with Gasteiger partial charge in [-0.25, -0.2) is 0 Å². The molecule has 0 atom stereocenters.